The van der Waals surface area contributed by atoms with E-state index >= 15 is 0 Å². The van der Waals surface area contributed by atoms with Crippen LogP contribution in [-0.2, 0) is 5.41 Å². The molecule has 3 rings (SSSR count). The topological polar surface area (TPSA) is 24.4 Å². The number of benzene rings is 2. The van der Waals surface area contributed by atoms with Crippen LogP contribution < -0.4 is 5.32 Å². The normalized spacial score (nSPS) is 15.8. The van der Waals surface area contributed by atoms with E-state index < -0.39 is 0 Å². The maximum atomic E-state index is 4.81. The van der Waals surface area contributed by atoms with Gasteiger partial charge in [0.1, 0.15) is 0 Å². The first kappa shape index (κ1) is 17.7. The Bertz CT molecular complexity index is 622. The molecule has 0 atom stereocenters. The Morgan fingerprint density at radius 2 is 1.44 bits per heavy atom. The second kappa shape index (κ2) is 8.84. The number of nitrogens with one attached hydrogen (secondary N) is 1. The maximum absolute atomic E-state index is 4.81. The molecule has 2 nitrogen and oxygen atoms in total. The second-order valence-electron chi connectivity index (χ2n) is 7.01. The third-order valence-electron chi connectivity index (χ3n) is 5.47. The van der Waals surface area contributed by atoms with Gasteiger partial charge < -0.3 is 5.32 Å². The van der Waals surface area contributed by atoms with Crippen molar-refractivity contribution in [1.29, 1.82) is 0 Å². The van der Waals surface area contributed by atoms with Crippen LogP contribution in [0.5, 0.6) is 0 Å². The summed E-state index contributed by atoms with van der Waals surface area (Å²) < 4.78 is 0. The Kier molecular flexibility index (Phi) is 6.27. The molecule has 1 N–H and O–H groups in total. The van der Waals surface area contributed by atoms with Gasteiger partial charge in [0.15, 0.2) is 0 Å². The lowest BCUT2D eigenvalue weighted by molar-refractivity contribution is 0.482. The van der Waals surface area contributed by atoms with Crippen LogP contribution in [0.15, 0.2) is 65.7 Å². The Morgan fingerprint density at radius 3 is 2.04 bits per heavy atom. The van der Waals surface area contributed by atoms with Crippen molar-refractivity contribution in [2.24, 2.45) is 4.99 Å². The fourth-order valence-corrected chi connectivity index (χ4v) is 3.87. The fourth-order valence-electron chi connectivity index (χ4n) is 3.87. The first-order valence-electron chi connectivity index (χ1n) is 9.73. The van der Waals surface area contributed by atoms with Crippen LogP contribution in [0.2, 0.25) is 0 Å². The summed E-state index contributed by atoms with van der Waals surface area (Å²) >= 11 is 0. The van der Waals surface area contributed by atoms with E-state index in [0.29, 0.717) is 0 Å². The summed E-state index contributed by atoms with van der Waals surface area (Å²) in [5.41, 5.74) is 2.73. The number of hydrogen-bond donors (Lipinski definition) is 1. The van der Waals surface area contributed by atoms with E-state index in [2.05, 4.69) is 72.9 Å². The van der Waals surface area contributed by atoms with Gasteiger partial charge in [-0.3, -0.25) is 4.99 Å². The molecule has 2 heteroatoms. The minimum absolute atomic E-state index is 0.0204. The molecule has 2 aromatic rings. The van der Waals surface area contributed by atoms with Crippen molar-refractivity contribution in [3.05, 3.63) is 71.8 Å². The van der Waals surface area contributed by atoms with E-state index in [4.69, 9.17) is 4.99 Å². The summed E-state index contributed by atoms with van der Waals surface area (Å²) in [6, 6.07) is 21.8. The summed E-state index contributed by atoms with van der Waals surface area (Å²) in [7, 11) is 0. The van der Waals surface area contributed by atoms with Gasteiger partial charge in [-0.05, 0) is 30.4 Å². The van der Waals surface area contributed by atoms with Crippen LogP contribution in [0.4, 0.5) is 0 Å². The van der Waals surface area contributed by atoms with E-state index in [1.807, 2.05) is 0 Å². The molecule has 1 heterocycles. The lowest BCUT2D eigenvalue weighted by Crippen LogP contribution is -2.41. The molecule has 0 unspecified atom stereocenters. The van der Waals surface area contributed by atoms with Crippen molar-refractivity contribution in [3.8, 4) is 0 Å². The van der Waals surface area contributed by atoms with Crippen LogP contribution >= 0.6 is 0 Å². The number of hydrogen-bond acceptors (Lipinski definition) is 2. The Balaban J connectivity index is 1.89. The molecule has 0 amide bonds. The Hall–Kier alpha value is -2.09. The van der Waals surface area contributed by atoms with Crippen LogP contribution in [0.25, 0.3) is 0 Å². The van der Waals surface area contributed by atoms with Crippen molar-refractivity contribution >= 4 is 5.84 Å². The van der Waals surface area contributed by atoms with Crippen molar-refractivity contribution in [2.45, 2.75) is 50.9 Å². The largest absolute Gasteiger partial charge is 0.373 e. The number of aliphatic imine (C=N–C) groups is 1. The second-order valence-corrected chi connectivity index (χ2v) is 7.01. The molecule has 2 aromatic carbocycles. The van der Waals surface area contributed by atoms with Gasteiger partial charge in [0.05, 0.1) is 5.84 Å². The summed E-state index contributed by atoms with van der Waals surface area (Å²) in [5, 5.41) is 3.73. The highest BCUT2D eigenvalue weighted by atomic mass is 15.0. The van der Waals surface area contributed by atoms with Gasteiger partial charge in [0.2, 0.25) is 0 Å². The van der Waals surface area contributed by atoms with Gasteiger partial charge in [-0.25, -0.2) is 0 Å². The van der Waals surface area contributed by atoms with E-state index in [1.54, 1.807) is 0 Å². The summed E-state index contributed by atoms with van der Waals surface area (Å²) in [4.78, 5) is 4.81. The van der Waals surface area contributed by atoms with Crippen molar-refractivity contribution in [1.82, 2.24) is 5.32 Å². The minimum Gasteiger partial charge on any atom is -0.373 e. The molecule has 0 saturated heterocycles. The molecule has 0 aromatic heterocycles. The minimum atomic E-state index is -0.0204. The SMILES string of the molecule is CCC(CNC1=NCCCCCC1)(c1ccccc1)c1ccccc1. The van der Waals surface area contributed by atoms with Crippen LogP contribution in [0.3, 0.4) is 0 Å². The van der Waals surface area contributed by atoms with E-state index in [0.717, 1.165) is 25.9 Å². The summed E-state index contributed by atoms with van der Waals surface area (Å²) in [5.74, 6) is 1.20. The van der Waals surface area contributed by atoms with Gasteiger partial charge >= 0.3 is 0 Å². The molecule has 0 radical (unpaired) electrons. The third-order valence-corrected chi connectivity index (χ3v) is 5.47. The smallest absolute Gasteiger partial charge is 0.0963 e. The van der Waals surface area contributed by atoms with Crippen molar-refractivity contribution in [2.75, 3.05) is 13.1 Å². The number of amidine groups is 1. The van der Waals surface area contributed by atoms with Crippen molar-refractivity contribution in [3.63, 3.8) is 0 Å². The monoisotopic (exact) mass is 334 g/mol. The van der Waals surface area contributed by atoms with Crippen LogP contribution in [0.1, 0.15) is 56.6 Å². The van der Waals surface area contributed by atoms with E-state index in [1.165, 1.54) is 42.6 Å². The Morgan fingerprint density at radius 1 is 0.840 bits per heavy atom. The highest BCUT2D eigenvalue weighted by Crippen LogP contribution is 2.35. The molecule has 0 fully saturated rings. The lowest BCUT2D eigenvalue weighted by atomic mass is 9.72. The molecule has 132 valence electrons. The first-order chi connectivity index (χ1) is 12.3. The zero-order chi connectivity index (χ0) is 17.4. The van der Waals surface area contributed by atoms with E-state index in [9.17, 15) is 0 Å². The number of rotatable bonds is 5. The quantitative estimate of drug-likeness (QED) is 0.784. The van der Waals surface area contributed by atoms with Gasteiger partial charge in [-0.1, -0.05) is 80.4 Å². The molecule has 25 heavy (non-hydrogen) atoms. The molecule has 0 bridgehead atoms. The standard InChI is InChI=1S/C23H30N2/c1-2-23(20-13-7-5-8-14-20,21-15-9-6-10-16-21)19-25-22-17-11-3-4-12-18-24-22/h5-10,13-16H,2-4,11-12,17-19H2,1H3,(H,24,25). The highest BCUT2D eigenvalue weighted by molar-refractivity contribution is 5.82. The van der Waals surface area contributed by atoms with E-state index in [-0.39, 0.29) is 5.41 Å². The molecular formula is C23H30N2. The number of nitrogens with zero attached hydrogens (tertiary/aromatic N) is 1. The molecule has 0 saturated carbocycles. The zero-order valence-electron chi connectivity index (χ0n) is 15.4. The third kappa shape index (κ3) is 4.31. The average Bonchev–Trinajstić information content (AvgIpc) is 2.65. The lowest BCUT2D eigenvalue weighted by Gasteiger charge is -2.35. The summed E-state index contributed by atoms with van der Waals surface area (Å²) in [6.45, 7) is 4.16. The van der Waals surface area contributed by atoms with Gasteiger partial charge in [0, 0.05) is 24.9 Å². The Labute approximate surface area is 152 Å². The van der Waals surface area contributed by atoms with Crippen LogP contribution in [-0.4, -0.2) is 18.9 Å². The van der Waals surface area contributed by atoms with Crippen LogP contribution in [0, 0.1) is 0 Å². The predicted molar refractivity (Wildman–Crippen MR) is 107 cm³/mol. The van der Waals surface area contributed by atoms with Crippen molar-refractivity contribution < 1.29 is 0 Å². The molecular weight excluding hydrogens is 304 g/mol. The summed E-state index contributed by atoms with van der Waals surface area (Å²) in [6.07, 6.45) is 7.27. The van der Waals surface area contributed by atoms with Gasteiger partial charge in [-0.15, -0.1) is 0 Å². The molecule has 0 aliphatic carbocycles. The predicted octanol–water partition coefficient (Wildman–Crippen LogP) is 5.33. The maximum Gasteiger partial charge on any atom is 0.0963 e. The van der Waals surface area contributed by atoms with Gasteiger partial charge in [-0.2, -0.15) is 0 Å². The fraction of sp³-hybridized carbons (Fsp3) is 0.435. The highest BCUT2D eigenvalue weighted by Gasteiger charge is 2.32. The van der Waals surface area contributed by atoms with Gasteiger partial charge in [0.25, 0.3) is 0 Å². The molecule has 0 spiro atoms. The molecule has 1 aliphatic heterocycles. The molecule has 1 aliphatic rings. The average molecular weight is 335 g/mol. The first-order valence-corrected chi connectivity index (χ1v) is 9.73. The zero-order valence-corrected chi connectivity index (χ0v) is 15.4.